The van der Waals surface area contributed by atoms with E-state index in [1.54, 1.807) is 18.7 Å². The van der Waals surface area contributed by atoms with Crippen molar-refractivity contribution in [3.63, 3.8) is 0 Å². The number of nitrogens with zero attached hydrogens (tertiary/aromatic N) is 1. The van der Waals surface area contributed by atoms with Crippen LogP contribution in [0.25, 0.3) is 0 Å². The lowest BCUT2D eigenvalue weighted by Crippen LogP contribution is -2.48. The molecule has 0 radical (unpaired) electrons. The molecule has 0 aromatic carbocycles. The molecule has 0 aromatic rings. The van der Waals surface area contributed by atoms with Crippen LogP contribution in [0.2, 0.25) is 0 Å². The Labute approximate surface area is 119 Å². The molecule has 1 rings (SSSR count). The van der Waals surface area contributed by atoms with Gasteiger partial charge in [0, 0.05) is 19.5 Å². The zero-order valence-electron chi connectivity index (χ0n) is 12.4. The van der Waals surface area contributed by atoms with Crippen molar-refractivity contribution in [1.29, 1.82) is 0 Å². The van der Waals surface area contributed by atoms with Crippen molar-refractivity contribution < 1.29 is 23.9 Å². The van der Waals surface area contributed by atoms with Gasteiger partial charge in [0.15, 0.2) is 0 Å². The maximum absolute atomic E-state index is 12.1. The molecule has 20 heavy (non-hydrogen) atoms. The SMILES string of the molecule is CCOC(=O)N1CCC(CC(C)=O)(C(=O)OCC)CC1. The fourth-order valence-electron chi connectivity index (χ4n) is 2.55. The lowest BCUT2D eigenvalue weighted by molar-refractivity contribution is -0.160. The third-order valence-electron chi connectivity index (χ3n) is 3.54. The minimum absolute atomic E-state index is 0.0392. The van der Waals surface area contributed by atoms with Crippen LogP contribution in [0.4, 0.5) is 4.79 Å². The average molecular weight is 285 g/mol. The second kappa shape index (κ2) is 7.26. The van der Waals surface area contributed by atoms with E-state index in [1.807, 2.05) is 0 Å². The summed E-state index contributed by atoms with van der Waals surface area (Å²) in [4.78, 5) is 36.8. The number of esters is 1. The Kier molecular flexibility index (Phi) is 5.98. The first kappa shape index (κ1) is 16.5. The molecule has 0 unspecified atom stereocenters. The molecule has 0 aromatic heterocycles. The number of ether oxygens (including phenoxy) is 2. The molecule has 1 saturated heterocycles. The Hall–Kier alpha value is -1.59. The lowest BCUT2D eigenvalue weighted by atomic mass is 9.74. The van der Waals surface area contributed by atoms with Crippen LogP contribution in [0.15, 0.2) is 0 Å². The van der Waals surface area contributed by atoms with Gasteiger partial charge < -0.3 is 14.4 Å². The molecule has 0 aliphatic carbocycles. The van der Waals surface area contributed by atoms with Gasteiger partial charge in [-0.2, -0.15) is 0 Å². The van der Waals surface area contributed by atoms with Crippen molar-refractivity contribution in [1.82, 2.24) is 4.90 Å². The summed E-state index contributed by atoms with van der Waals surface area (Å²) in [6.45, 7) is 6.40. The molecule has 1 heterocycles. The van der Waals surface area contributed by atoms with Crippen LogP contribution in [0.3, 0.4) is 0 Å². The van der Waals surface area contributed by atoms with Crippen LogP contribution in [-0.4, -0.2) is 49.0 Å². The smallest absolute Gasteiger partial charge is 0.409 e. The van der Waals surface area contributed by atoms with E-state index < -0.39 is 5.41 Å². The number of carbonyl (C=O) groups excluding carboxylic acids is 3. The monoisotopic (exact) mass is 285 g/mol. The van der Waals surface area contributed by atoms with Gasteiger partial charge in [-0.05, 0) is 33.6 Å². The molecule has 0 atom stereocenters. The summed E-state index contributed by atoms with van der Waals surface area (Å²) in [5, 5.41) is 0. The first-order chi connectivity index (χ1) is 9.45. The second-order valence-corrected chi connectivity index (χ2v) is 5.07. The zero-order chi connectivity index (χ0) is 15.2. The highest BCUT2D eigenvalue weighted by Crippen LogP contribution is 2.37. The molecule has 6 nitrogen and oxygen atoms in total. The van der Waals surface area contributed by atoms with Crippen LogP contribution in [0.5, 0.6) is 0 Å². The van der Waals surface area contributed by atoms with Gasteiger partial charge in [-0.25, -0.2) is 4.79 Å². The number of likely N-dealkylation sites (tertiary alicyclic amines) is 1. The summed E-state index contributed by atoms with van der Waals surface area (Å²) in [6.07, 6.45) is 0.671. The van der Waals surface area contributed by atoms with Gasteiger partial charge in [0.05, 0.1) is 18.6 Å². The molecular formula is C14H23NO5. The predicted molar refractivity (Wildman–Crippen MR) is 72.2 cm³/mol. The molecular weight excluding hydrogens is 262 g/mol. The molecule has 1 fully saturated rings. The topological polar surface area (TPSA) is 72.9 Å². The first-order valence-corrected chi connectivity index (χ1v) is 7.03. The van der Waals surface area contributed by atoms with Crippen LogP contribution in [-0.2, 0) is 19.1 Å². The van der Waals surface area contributed by atoms with E-state index in [4.69, 9.17) is 9.47 Å². The standard InChI is InChI=1S/C14H23NO5/c1-4-19-12(17)14(10-11(3)16)6-8-15(9-7-14)13(18)20-5-2/h4-10H2,1-3H3. The maximum atomic E-state index is 12.1. The molecule has 0 spiro atoms. The Bertz CT molecular complexity index is 372. The van der Waals surface area contributed by atoms with E-state index >= 15 is 0 Å². The zero-order valence-corrected chi connectivity index (χ0v) is 12.4. The van der Waals surface area contributed by atoms with Gasteiger partial charge in [-0.3, -0.25) is 9.59 Å². The van der Waals surface area contributed by atoms with Crippen molar-refractivity contribution in [2.75, 3.05) is 26.3 Å². The van der Waals surface area contributed by atoms with E-state index in [9.17, 15) is 14.4 Å². The molecule has 1 amide bonds. The Balaban J connectivity index is 2.73. The number of carbonyl (C=O) groups is 3. The number of hydrogen-bond donors (Lipinski definition) is 0. The quantitative estimate of drug-likeness (QED) is 0.720. The first-order valence-electron chi connectivity index (χ1n) is 7.03. The number of rotatable bonds is 5. The summed E-state index contributed by atoms with van der Waals surface area (Å²) in [7, 11) is 0. The Morgan fingerprint density at radius 3 is 2.05 bits per heavy atom. The molecule has 0 saturated carbocycles. The van der Waals surface area contributed by atoms with Crippen molar-refractivity contribution in [2.45, 2.75) is 40.0 Å². The van der Waals surface area contributed by atoms with Gasteiger partial charge >= 0.3 is 12.1 Å². The molecule has 1 aliphatic heterocycles. The van der Waals surface area contributed by atoms with Gasteiger partial charge in [0.1, 0.15) is 5.78 Å². The van der Waals surface area contributed by atoms with Crippen LogP contribution in [0, 0.1) is 5.41 Å². The summed E-state index contributed by atoms with van der Waals surface area (Å²) in [5.74, 6) is -0.374. The van der Waals surface area contributed by atoms with Gasteiger partial charge in [-0.1, -0.05) is 0 Å². The van der Waals surface area contributed by atoms with Crippen molar-refractivity contribution in [3.8, 4) is 0 Å². The van der Waals surface area contributed by atoms with Crippen LogP contribution in [0.1, 0.15) is 40.0 Å². The number of ketones is 1. The highest BCUT2D eigenvalue weighted by Gasteiger charge is 2.44. The molecule has 0 N–H and O–H groups in total. The van der Waals surface area contributed by atoms with Gasteiger partial charge in [-0.15, -0.1) is 0 Å². The van der Waals surface area contributed by atoms with Crippen LogP contribution < -0.4 is 0 Å². The highest BCUT2D eigenvalue weighted by atomic mass is 16.6. The summed E-state index contributed by atoms with van der Waals surface area (Å²) < 4.78 is 10.0. The fourth-order valence-corrected chi connectivity index (χ4v) is 2.55. The summed E-state index contributed by atoms with van der Waals surface area (Å²) in [6, 6.07) is 0. The summed E-state index contributed by atoms with van der Waals surface area (Å²) in [5.41, 5.74) is -0.787. The lowest BCUT2D eigenvalue weighted by Gasteiger charge is -2.38. The van der Waals surface area contributed by atoms with E-state index in [0.717, 1.165) is 0 Å². The van der Waals surface area contributed by atoms with Gasteiger partial charge in [0.25, 0.3) is 0 Å². The van der Waals surface area contributed by atoms with E-state index in [-0.39, 0.29) is 24.3 Å². The minimum Gasteiger partial charge on any atom is -0.466 e. The van der Waals surface area contributed by atoms with Crippen molar-refractivity contribution in [3.05, 3.63) is 0 Å². The average Bonchev–Trinajstić information content (AvgIpc) is 2.39. The largest absolute Gasteiger partial charge is 0.466 e. The van der Waals surface area contributed by atoms with Crippen molar-refractivity contribution in [2.24, 2.45) is 5.41 Å². The van der Waals surface area contributed by atoms with E-state index in [0.29, 0.717) is 39.1 Å². The normalized spacial score (nSPS) is 17.4. The second-order valence-electron chi connectivity index (χ2n) is 5.07. The number of hydrogen-bond acceptors (Lipinski definition) is 5. The number of amides is 1. The number of Topliss-reactive ketones (excluding diaryl/α,β-unsaturated/α-hetero) is 1. The highest BCUT2D eigenvalue weighted by molar-refractivity contribution is 5.86. The van der Waals surface area contributed by atoms with Gasteiger partial charge in [0.2, 0.25) is 0 Å². The Morgan fingerprint density at radius 2 is 1.60 bits per heavy atom. The third-order valence-corrected chi connectivity index (χ3v) is 3.54. The maximum Gasteiger partial charge on any atom is 0.409 e. The molecule has 114 valence electrons. The van der Waals surface area contributed by atoms with E-state index in [1.165, 1.54) is 6.92 Å². The minimum atomic E-state index is -0.787. The molecule has 1 aliphatic rings. The molecule has 0 bridgehead atoms. The molecule has 6 heteroatoms. The van der Waals surface area contributed by atoms with Crippen molar-refractivity contribution >= 4 is 17.8 Å². The van der Waals surface area contributed by atoms with E-state index in [2.05, 4.69) is 0 Å². The predicted octanol–water partition coefficient (Wildman–Crippen LogP) is 1.77. The van der Waals surface area contributed by atoms with Crippen LogP contribution >= 0.6 is 0 Å². The Morgan fingerprint density at radius 1 is 1.05 bits per heavy atom. The number of piperidine rings is 1. The fraction of sp³-hybridized carbons (Fsp3) is 0.786. The summed E-state index contributed by atoms with van der Waals surface area (Å²) >= 11 is 0. The third kappa shape index (κ3) is 3.95.